The normalized spacial score (nSPS) is 19.4. The number of carbonyl (C=O) groups is 1. The van der Waals surface area contributed by atoms with Crippen LogP contribution in [0.4, 0.5) is 5.69 Å². The number of halogens is 1. The molecule has 0 aliphatic carbocycles. The molecule has 1 aliphatic heterocycles. The summed E-state index contributed by atoms with van der Waals surface area (Å²) in [5.41, 5.74) is 6.57. The van der Waals surface area contributed by atoms with Crippen LogP contribution in [0.3, 0.4) is 0 Å². The summed E-state index contributed by atoms with van der Waals surface area (Å²) >= 11 is 6.30. The highest BCUT2D eigenvalue weighted by molar-refractivity contribution is 6.37. The van der Waals surface area contributed by atoms with Crippen molar-refractivity contribution in [2.75, 3.05) is 18.0 Å². The van der Waals surface area contributed by atoms with Gasteiger partial charge in [-0.3, -0.25) is 4.79 Å². The molecular weight excluding hydrogens is 260 g/mol. The second kappa shape index (κ2) is 4.83. The molecule has 2 aromatic rings. The van der Waals surface area contributed by atoms with Gasteiger partial charge in [0.1, 0.15) is 0 Å². The third kappa shape index (κ3) is 2.09. The van der Waals surface area contributed by atoms with Gasteiger partial charge in [-0.1, -0.05) is 35.9 Å². The van der Waals surface area contributed by atoms with Crippen molar-refractivity contribution < 1.29 is 4.79 Å². The number of fused-ring (bicyclic) bond motifs is 1. The molecule has 4 heteroatoms. The third-order valence-corrected chi connectivity index (χ3v) is 3.98. The summed E-state index contributed by atoms with van der Waals surface area (Å²) in [6, 6.07) is 11.7. The summed E-state index contributed by atoms with van der Waals surface area (Å²) in [5, 5.41) is 2.67. The van der Waals surface area contributed by atoms with Crippen LogP contribution in [-0.4, -0.2) is 19.0 Å². The standard InChI is InChI=1S/C15H15ClN2O/c16-12-5-1-3-11-4-2-6-13(15(11)12)18-9-10(8-17)7-14(18)19/h1-6,10H,7-9,17H2. The maximum absolute atomic E-state index is 12.1. The maximum Gasteiger partial charge on any atom is 0.227 e. The van der Waals surface area contributed by atoms with E-state index in [1.54, 1.807) is 0 Å². The van der Waals surface area contributed by atoms with E-state index in [9.17, 15) is 4.79 Å². The van der Waals surface area contributed by atoms with Crippen LogP contribution in [0, 0.1) is 5.92 Å². The Morgan fingerprint density at radius 2 is 2.00 bits per heavy atom. The molecule has 1 saturated heterocycles. The van der Waals surface area contributed by atoms with Gasteiger partial charge in [0.25, 0.3) is 0 Å². The molecule has 1 unspecified atom stereocenters. The zero-order valence-corrected chi connectivity index (χ0v) is 11.2. The molecule has 2 N–H and O–H groups in total. The Hall–Kier alpha value is -1.58. The van der Waals surface area contributed by atoms with Crippen molar-refractivity contribution in [3.63, 3.8) is 0 Å². The average Bonchev–Trinajstić information content (AvgIpc) is 2.80. The SMILES string of the molecule is NCC1CC(=O)N(c2cccc3cccc(Cl)c23)C1. The van der Waals surface area contributed by atoms with E-state index in [4.69, 9.17) is 17.3 Å². The van der Waals surface area contributed by atoms with Crippen molar-refractivity contribution in [3.8, 4) is 0 Å². The Balaban J connectivity index is 2.13. The van der Waals surface area contributed by atoms with E-state index in [1.807, 2.05) is 41.3 Å². The van der Waals surface area contributed by atoms with E-state index in [2.05, 4.69) is 0 Å². The predicted octanol–water partition coefficient (Wildman–Crippen LogP) is 2.80. The van der Waals surface area contributed by atoms with Gasteiger partial charge in [-0.05, 0) is 30.0 Å². The monoisotopic (exact) mass is 274 g/mol. The van der Waals surface area contributed by atoms with Crippen molar-refractivity contribution in [2.45, 2.75) is 6.42 Å². The maximum atomic E-state index is 12.1. The first-order chi connectivity index (χ1) is 9.20. The topological polar surface area (TPSA) is 46.3 Å². The molecular formula is C15H15ClN2O. The summed E-state index contributed by atoms with van der Waals surface area (Å²) in [4.78, 5) is 13.9. The highest BCUT2D eigenvalue weighted by Crippen LogP contribution is 2.35. The molecule has 0 bridgehead atoms. The molecule has 0 aromatic heterocycles. The molecule has 1 amide bonds. The summed E-state index contributed by atoms with van der Waals surface area (Å²) in [5.74, 6) is 0.369. The van der Waals surface area contributed by atoms with E-state index in [1.165, 1.54) is 0 Å². The van der Waals surface area contributed by atoms with Crippen LogP contribution in [0.1, 0.15) is 6.42 Å². The zero-order chi connectivity index (χ0) is 13.4. The number of amides is 1. The van der Waals surface area contributed by atoms with Crippen LogP contribution in [0.25, 0.3) is 10.8 Å². The second-order valence-electron chi connectivity index (χ2n) is 4.93. The quantitative estimate of drug-likeness (QED) is 0.915. The number of hydrogen-bond acceptors (Lipinski definition) is 2. The highest BCUT2D eigenvalue weighted by Gasteiger charge is 2.30. The van der Waals surface area contributed by atoms with Gasteiger partial charge in [-0.15, -0.1) is 0 Å². The van der Waals surface area contributed by atoms with Crippen LogP contribution in [0.2, 0.25) is 5.02 Å². The fraction of sp³-hybridized carbons (Fsp3) is 0.267. The van der Waals surface area contributed by atoms with Gasteiger partial charge in [-0.25, -0.2) is 0 Å². The summed E-state index contributed by atoms with van der Waals surface area (Å²) < 4.78 is 0. The lowest BCUT2D eigenvalue weighted by Gasteiger charge is -2.19. The molecule has 0 saturated carbocycles. The number of carbonyl (C=O) groups excluding carboxylic acids is 1. The predicted molar refractivity (Wildman–Crippen MR) is 78.5 cm³/mol. The van der Waals surface area contributed by atoms with Crippen molar-refractivity contribution in [1.82, 2.24) is 0 Å². The minimum Gasteiger partial charge on any atom is -0.330 e. The first-order valence-corrected chi connectivity index (χ1v) is 6.76. The summed E-state index contributed by atoms with van der Waals surface area (Å²) in [7, 11) is 0. The van der Waals surface area contributed by atoms with Crippen molar-refractivity contribution in [1.29, 1.82) is 0 Å². The molecule has 0 radical (unpaired) electrons. The van der Waals surface area contributed by atoms with E-state index in [0.29, 0.717) is 24.5 Å². The Kier molecular flexibility index (Phi) is 3.17. The number of rotatable bonds is 2. The first kappa shape index (κ1) is 12.5. The number of hydrogen-bond donors (Lipinski definition) is 1. The van der Waals surface area contributed by atoms with E-state index < -0.39 is 0 Å². The van der Waals surface area contributed by atoms with E-state index in [0.717, 1.165) is 16.5 Å². The highest BCUT2D eigenvalue weighted by atomic mass is 35.5. The van der Waals surface area contributed by atoms with Crippen molar-refractivity contribution >= 4 is 34.0 Å². The molecule has 1 fully saturated rings. The van der Waals surface area contributed by atoms with Gasteiger partial charge in [0.05, 0.1) is 10.7 Å². The lowest BCUT2D eigenvalue weighted by Crippen LogP contribution is -2.25. The summed E-state index contributed by atoms with van der Waals surface area (Å²) in [6.45, 7) is 1.22. The number of nitrogens with zero attached hydrogens (tertiary/aromatic N) is 1. The van der Waals surface area contributed by atoms with Gasteiger partial charge in [-0.2, -0.15) is 0 Å². The molecule has 1 atom stereocenters. The average molecular weight is 275 g/mol. The number of benzene rings is 2. The lowest BCUT2D eigenvalue weighted by molar-refractivity contribution is -0.117. The molecule has 2 aromatic carbocycles. The van der Waals surface area contributed by atoms with Crippen LogP contribution in [0.5, 0.6) is 0 Å². The van der Waals surface area contributed by atoms with Crippen molar-refractivity contribution in [2.24, 2.45) is 11.7 Å². The van der Waals surface area contributed by atoms with Crippen molar-refractivity contribution in [3.05, 3.63) is 41.4 Å². The van der Waals surface area contributed by atoms with Gasteiger partial charge in [0, 0.05) is 18.4 Å². The Labute approximate surface area is 116 Å². The second-order valence-corrected chi connectivity index (χ2v) is 5.33. The van der Waals surface area contributed by atoms with Gasteiger partial charge in [0.15, 0.2) is 0 Å². The van der Waals surface area contributed by atoms with Gasteiger partial charge < -0.3 is 10.6 Å². The Morgan fingerprint density at radius 3 is 2.68 bits per heavy atom. The molecule has 19 heavy (non-hydrogen) atoms. The summed E-state index contributed by atoms with van der Waals surface area (Å²) in [6.07, 6.45) is 0.525. The van der Waals surface area contributed by atoms with Crippen LogP contribution < -0.4 is 10.6 Å². The Bertz CT molecular complexity index is 636. The van der Waals surface area contributed by atoms with Gasteiger partial charge in [0.2, 0.25) is 5.91 Å². The minimum absolute atomic E-state index is 0.128. The lowest BCUT2D eigenvalue weighted by atomic mass is 10.1. The molecule has 98 valence electrons. The molecule has 1 aliphatic rings. The van der Waals surface area contributed by atoms with E-state index >= 15 is 0 Å². The smallest absolute Gasteiger partial charge is 0.227 e. The molecule has 1 heterocycles. The van der Waals surface area contributed by atoms with Gasteiger partial charge >= 0.3 is 0 Å². The Morgan fingerprint density at radius 1 is 1.26 bits per heavy atom. The zero-order valence-electron chi connectivity index (χ0n) is 10.5. The van der Waals surface area contributed by atoms with Crippen LogP contribution in [-0.2, 0) is 4.79 Å². The van der Waals surface area contributed by atoms with Crippen LogP contribution >= 0.6 is 11.6 Å². The van der Waals surface area contributed by atoms with E-state index in [-0.39, 0.29) is 11.8 Å². The number of anilines is 1. The molecule has 3 rings (SSSR count). The molecule has 0 spiro atoms. The fourth-order valence-electron chi connectivity index (χ4n) is 2.67. The third-order valence-electron chi connectivity index (χ3n) is 3.66. The first-order valence-electron chi connectivity index (χ1n) is 6.38. The number of nitrogens with two attached hydrogens (primary N) is 1. The van der Waals surface area contributed by atoms with Crippen LogP contribution in [0.15, 0.2) is 36.4 Å². The largest absolute Gasteiger partial charge is 0.330 e. The molecule has 3 nitrogen and oxygen atoms in total. The fourth-order valence-corrected chi connectivity index (χ4v) is 2.95. The minimum atomic E-state index is 0.128.